The molecule has 0 fully saturated rings. The van der Waals surface area contributed by atoms with Gasteiger partial charge in [-0.05, 0) is 52.9 Å². The van der Waals surface area contributed by atoms with E-state index in [0.717, 1.165) is 40.1 Å². The molecule has 1 aliphatic carbocycles. The van der Waals surface area contributed by atoms with Gasteiger partial charge >= 0.3 is 5.97 Å². The molecule has 2 amide bonds. The van der Waals surface area contributed by atoms with Gasteiger partial charge in [0.1, 0.15) is 0 Å². The second-order valence-corrected chi connectivity index (χ2v) is 5.76. The Bertz CT molecular complexity index is 916. The largest absolute Gasteiger partial charge is 0.478 e. The first kappa shape index (κ1) is 16.4. The maximum atomic E-state index is 11.7. The average molecular weight is 336 g/mol. The SMILES string of the molecule is CC(=O)Nc1ccc2c(c1)Cc1cc(NC(=O)C=CC(=O)O)ccc1-2. The number of amides is 2. The van der Waals surface area contributed by atoms with Gasteiger partial charge in [0.2, 0.25) is 11.8 Å². The van der Waals surface area contributed by atoms with Crippen LogP contribution in [0.2, 0.25) is 0 Å². The van der Waals surface area contributed by atoms with Crippen LogP contribution < -0.4 is 10.6 Å². The molecule has 0 heterocycles. The third-order valence-corrected chi connectivity index (χ3v) is 3.85. The lowest BCUT2D eigenvalue weighted by molar-refractivity contribution is -0.131. The highest BCUT2D eigenvalue weighted by atomic mass is 16.4. The molecule has 0 bridgehead atoms. The minimum Gasteiger partial charge on any atom is -0.478 e. The van der Waals surface area contributed by atoms with Crippen LogP contribution in [0.1, 0.15) is 18.1 Å². The van der Waals surface area contributed by atoms with E-state index in [-0.39, 0.29) is 5.91 Å². The van der Waals surface area contributed by atoms with E-state index in [2.05, 4.69) is 10.6 Å². The van der Waals surface area contributed by atoms with Gasteiger partial charge in [-0.3, -0.25) is 9.59 Å². The molecular formula is C19H16N2O4. The molecule has 0 spiro atoms. The van der Waals surface area contributed by atoms with E-state index in [4.69, 9.17) is 5.11 Å². The van der Waals surface area contributed by atoms with Crippen LogP contribution in [-0.4, -0.2) is 22.9 Å². The molecule has 126 valence electrons. The van der Waals surface area contributed by atoms with E-state index in [9.17, 15) is 14.4 Å². The van der Waals surface area contributed by atoms with Crippen molar-refractivity contribution in [3.05, 3.63) is 59.7 Å². The fraction of sp³-hybridized carbons (Fsp3) is 0.105. The van der Waals surface area contributed by atoms with Gasteiger partial charge in [-0.1, -0.05) is 12.1 Å². The van der Waals surface area contributed by atoms with Gasteiger partial charge in [0.25, 0.3) is 0 Å². The maximum Gasteiger partial charge on any atom is 0.328 e. The summed E-state index contributed by atoms with van der Waals surface area (Å²) in [7, 11) is 0. The van der Waals surface area contributed by atoms with E-state index in [0.29, 0.717) is 12.1 Å². The first-order chi connectivity index (χ1) is 11.9. The van der Waals surface area contributed by atoms with Gasteiger partial charge in [-0.25, -0.2) is 4.79 Å². The minimum absolute atomic E-state index is 0.116. The molecule has 0 aliphatic heterocycles. The van der Waals surface area contributed by atoms with E-state index >= 15 is 0 Å². The molecule has 25 heavy (non-hydrogen) atoms. The quantitative estimate of drug-likeness (QED) is 0.638. The van der Waals surface area contributed by atoms with Crippen LogP contribution in [0.15, 0.2) is 48.6 Å². The van der Waals surface area contributed by atoms with Crippen molar-refractivity contribution in [2.24, 2.45) is 0 Å². The van der Waals surface area contributed by atoms with Crippen molar-refractivity contribution in [1.82, 2.24) is 0 Å². The topological polar surface area (TPSA) is 95.5 Å². The molecule has 0 saturated heterocycles. The third kappa shape index (κ3) is 3.74. The van der Waals surface area contributed by atoms with Crippen molar-refractivity contribution in [3.8, 4) is 11.1 Å². The summed E-state index contributed by atoms with van der Waals surface area (Å²) in [5.41, 5.74) is 5.72. The number of benzene rings is 2. The van der Waals surface area contributed by atoms with Gasteiger partial charge in [0, 0.05) is 30.5 Å². The van der Waals surface area contributed by atoms with Crippen molar-refractivity contribution in [2.75, 3.05) is 10.6 Å². The number of carboxylic acids is 1. The predicted octanol–water partition coefficient (Wildman–Crippen LogP) is 2.80. The molecule has 3 N–H and O–H groups in total. The van der Waals surface area contributed by atoms with Gasteiger partial charge < -0.3 is 15.7 Å². The number of rotatable bonds is 4. The molecular weight excluding hydrogens is 320 g/mol. The summed E-state index contributed by atoms with van der Waals surface area (Å²) in [4.78, 5) is 33.3. The average Bonchev–Trinajstić information content (AvgIpc) is 2.89. The Hall–Kier alpha value is -3.41. The molecule has 2 aromatic carbocycles. The Morgan fingerprint density at radius 1 is 0.920 bits per heavy atom. The lowest BCUT2D eigenvalue weighted by Gasteiger charge is -2.06. The number of nitrogens with one attached hydrogen (secondary N) is 2. The zero-order chi connectivity index (χ0) is 18.0. The zero-order valence-corrected chi connectivity index (χ0v) is 13.5. The molecule has 2 aromatic rings. The van der Waals surface area contributed by atoms with Crippen LogP contribution in [0.25, 0.3) is 11.1 Å². The molecule has 0 atom stereocenters. The summed E-state index contributed by atoms with van der Waals surface area (Å²) in [5, 5.41) is 14.0. The molecule has 1 aliphatic rings. The molecule has 0 aromatic heterocycles. The number of anilines is 2. The van der Waals surface area contributed by atoms with Crippen LogP contribution in [0.5, 0.6) is 0 Å². The van der Waals surface area contributed by atoms with E-state index in [1.807, 2.05) is 30.3 Å². The minimum atomic E-state index is -1.17. The van der Waals surface area contributed by atoms with Crippen molar-refractivity contribution in [1.29, 1.82) is 0 Å². The molecule has 0 radical (unpaired) electrons. The van der Waals surface area contributed by atoms with E-state index in [1.54, 1.807) is 6.07 Å². The number of fused-ring (bicyclic) bond motifs is 3. The molecule has 0 unspecified atom stereocenters. The van der Waals surface area contributed by atoms with Gasteiger partial charge in [-0.15, -0.1) is 0 Å². The fourth-order valence-electron chi connectivity index (χ4n) is 2.90. The summed E-state index contributed by atoms with van der Waals surface area (Å²) in [6.07, 6.45) is 2.47. The summed E-state index contributed by atoms with van der Waals surface area (Å²) in [6, 6.07) is 11.4. The van der Waals surface area contributed by atoms with Crippen LogP contribution >= 0.6 is 0 Å². The second kappa shape index (κ2) is 6.60. The molecule has 6 heteroatoms. The maximum absolute atomic E-state index is 11.7. The summed E-state index contributed by atoms with van der Waals surface area (Å²) in [5.74, 6) is -1.78. The molecule has 6 nitrogen and oxygen atoms in total. The number of hydrogen-bond donors (Lipinski definition) is 3. The zero-order valence-electron chi connectivity index (χ0n) is 13.5. The highest BCUT2D eigenvalue weighted by Crippen LogP contribution is 2.39. The highest BCUT2D eigenvalue weighted by Gasteiger charge is 2.19. The van der Waals surface area contributed by atoms with Crippen molar-refractivity contribution in [3.63, 3.8) is 0 Å². The lowest BCUT2D eigenvalue weighted by Crippen LogP contribution is -2.08. The standard InChI is InChI=1S/C19H16N2O4/c1-11(22)20-14-2-4-16-12(9-14)8-13-10-15(3-5-17(13)16)21-18(23)6-7-19(24)25/h2-7,9-10H,8H2,1H3,(H,20,22)(H,21,23)(H,24,25). The van der Waals surface area contributed by atoms with E-state index < -0.39 is 11.9 Å². The fourth-order valence-corrected chi connectivity index (χ4v) is 2.90. The Morgan fingerprint density at radius 3 is 2.00 bits per heavy atom. The number of hydrogen-bond acceptors (Lipinski definition) is 3. The summed E-state index contributed by atoms with van der Waals surface area (Å²) in [6.45, 7) is 1.47. The predicted molar refractivity (Wildman–Crippen MR) is 94.4 cm³/mol. The van der Waals surface area contributed by atoms with E-state index in [1.165, 1.54) is 6.92 Å². The number of aliphatic carboxylic acids is 1. The lowest BCUT2D eigenvalue weighted by atomic mass is 10.0. The van der Waals surface area contributed by atoms with Crippen molar-refractivity contribution < 1.29 is 19.5 Å². The monoisotopic (exact) mass is 336 g/mol. The van der Waals surface area contributed by atoms with Crippen molar-refractivity contribution >= 4 is 29.2 Å². The van der Waals surface area contributed by atoms with Crippen LogP contribution in [0, 0.1) is 0 Å². The number of carboxylic acid groups (broad SMARTS) is 1. The Kier molecular flexibility index (Phi) is 4.35. The Morgan fingerprint density at radius 2 is 1.48 bits per heavy atom. The summed E-state index contributed by atoms with van der Waals surface area (Å²) < 4.78 is 0. The number of carbonyl (C=O) groups is 3. The highest BCUT2D eigenvalue weighted by molar-refractivity contribution is 6.02. The van der Waals surface area contributed by atoms with Gasteiger partial charge in [0.05, 0.1) is 0 Å². The Labute approximate surface area is 144 Å². The van der Waals surface area contributed by atoms with Crippen LogP contribution in [-0.2, 0) is 20.8 Å². The normalized spacial score (nSPS) is 11.7. The first-order valence-electron chi connectivity index (χ1n) is 7.68. The van der Waals surface area contributed by atoms with Crippen molar-refractivity contribution in [2.45, 2.75) is 13.3 Å². The Balaban J connectivity index is 1.80. The van der Waals surface area contributed by atoms with Gasteiger partial charge in [0.15, 0.2) is 0 Å². The second-order valence-electron chi connectivity index (χ2n) is 5.76. The molecule has 0 saturated carbocycles. The van der Waals surface area contributed by atoms with Crippen LogP contribution in [0.4, 0.5) is 11.4 Å². The smallest absolute Gasteiger partial charge is 0.328 e. The molecule has 3 rings (SSSR count). The van der Waals surface area contributed by atoms with Gasteiger partial charge in [-0.2, -0.15) is 0 Å². The third-order valence-electron chi connectivity index (χ3n) is 3.85. The van der Waals surface area contributed by atoms with Crippen LogP contribution in [0.3, 0.4) is 0 Å². The first-order valence-corrected chi connectivity index (χ1v) is 7.68. The summed E-state index contributed by atoms with van der Waals surface area (Å²) >= 11 is 0. The number of carbonyl (C=O) groups excluding carboxylic acids is 2.